The third kappa shape index (κ3) is 2.31. The Morgan fingerprint density at radius 3 is 2.82 bits per heavy atom. The molecule has 0 saturated heterocycles. The van der Waals surface area contributed by atoms with Gasteiger partial charge < -0.3 is 9.88 Å². The van der Waals surface area contributed by atoms with E-state index in [4.69, 9.17) is 11.6 Å². The van der Waals surface area contributed by atoms with Crippen LogP contribution in [0.1, 0.15) is 32.6 Å². The van der Waals surface area contributed by atoms with Crippen LogP contribution in [0, 0.1) is 0 Å². The number of imidazole rings is 1. The minimum absolute atomic E-state index is 0.256. The molecule has 4 heteroatoms. The first kappa shape index (κ1) is 12.4. The SMILES string of the molecule is CCNC(C)c1nc2ccc(Cl)cc2n1CC. The Balaban J connectivity index is 2.55. The Morgan fingerprint density at radius 1 is 1.41 bits per heavy atom. The second-order valence-electron chi connectivity index (χ2n) is 4.13. The van der Waals surface area contributed by atoms with Crippen molar-refractivity contribution in [3.8, 4) is 0 Å². The van der Waals surface area contributed by atoms with Crippen molar-refractivity contribution in [3.63, 3.8) is 0 Å². The number of rotatable bonds is 4. The molecule has 0 aliphatic rings. The van der Waals surface area contributed by atoms with Crippen LogP contribution >= 0.6 is 11.6 Å². The Morgan fingerprint density at radius 2 is 2.18 bits per heavy atom. The highest BCUT2D eigenvalue weighted by molar-refractivity contribution is 6.31. The summed E-state index contributed by atoms with van der Waals surface area (Å²) >= 11 is 6.04. The predicted octanol–water partition coefficient (Wildman–Crippen LogP) is 3.38. The quantitative estimate of drug-likeness (QED) is 0.903. The first-order chi connectivity index (χ1) is 8.17. The number of halogens is 1. The van der Waals surface area contributed by atoms with Gasteiger partial charge in [0, 0.05) is 11.6 Å². The number of aryl methyl sites for hydroxylation is 1. The summed E-state index contributed by atoms with van der Waals surface area (Å²) in [5, 5.41) is 4.15. The van der Waals surface area contributed by atoms with Crippen LogP contribution in [0.2, 0.25) is 5.02 Å². The van der Waals surface area contributed by atoms with Gasteiger partial charge in [-0.05, 0) is 38.6 Å². The molecule has 0 radical (unpaired) electrons. The van der Waals surface area contributed by atoms with Crippen molar-refractivity contribution in [1.82, 2.24) is 14.9 Å². The van der Waals surface area contributed by atoms with Gasteiger partial charge in [0.05, 0.1) is 17.1 Å². The molecule has 1 N–H and O–H groups in total. The molecular formula is C13H18ClN3. The molecule has 92 valence electrons. The highest BCUT2D eigenvalue weighted by atomic mass is 35.5. The number of hydrogen-bond acceptors (Lipinski definition) is 2. The van der Waals surface area contributed by atoms with Crippen LogP contribution in [-0.4, -0.2) is 16.1 Å². The third-order valence-corrected chi connectivity index (χ3v) is 3.19. The van der Waals surface area contributed by atoms with Crippen molar-refractivity contribution in [3.05, 3.63) is 29.0 Å². The summed E-state index contributed by atoms with van der Waals surface area (Å²) < 4.78 is 2.22. The summed E-state index contributed by atoms with van der Waals surface area (Å²) in [5.74, 6) is 1.08. The normalized spacial score (nSPS) is 13.2. The van der Waals surface area contributed by atoms with Crippen molar-refractivity contribution in [2.24, 2.45) is 0 Å². The number of nitrogens with one attached hydrogen (secondary N) is 1. The topological polar surface area (TPSA) is 29.9 Å². The van der Waals surface area contributed by atoms with Gasteiger partial charge in [-0.1, -0.05) is 18.5 Å². The van der Waals surface area contributed by atoms with E-state index < -0.39 is 0 Å². The first-order valence-corrected chi connectivity index (χ1v) is 6.44. The van der Waals surface area contributed by atoms with E-state index in [0.717, 1.165) is 35.0 Å². The van der Waals surface area contributed by atoms with Crippen LogP contribution < -0.4 is 5.32 Å². The Labute approximate surface area is 107 Å². The van der Waals surface area contributed by atoms with Crippen LogP contribution in [-0.2, 0) is 6.54 Å². The fraction of sp³-hybridized carbons (Fsp3) is 0.462. The summed E-state index contributed by atoms with van der Waals surface area (Å²) in [6.07, 6.45) is 0. The van der Waals surface area contributed by atoms with E-state index in [9.17, 15) is 0 Å². The van der Waals surface area contributed by atoms with Gasteiger partial charge in [-0.25, -0.2) is 4.98 Å². The van der Waals surface area contributed by atoms with E-state index >= 15 is 0 Å². The van der Waals surface area contributed by atoms with Crippen LogP contribution in [0.25, 0.3) is 11.0 Å². The van der Waals surface area contributed by atoms with E-state index in [0.29, 0.717) is 0 Å². The average molecular weight is 252 g/mol. The lowest BCUT2D eigenvalue weighted by Gasteiger charge is -2.13. The minimum atomic E-state index is 0.256. The molecule has 0 aliphatic carbocycles. The summed E-state index contributed by atoms with van der Waals surface area (Å²) in [5.41, 5.74) is 2.12. The molecule has 0 spiro atoms. The van der Waals surface area contributed by atoms with Crippen LogP contribution in [0.3, 0.4) is 0 Å². The fourth-order valence-electron chi connectivity index (χ4n) is 2.17. The van der Waals surface area contributed by atoms with Gasteiger partial charge in [-0.3, -0.25) is 0 Å². The molecule has 1 atom stereocenters. The molecule has 1 unspecified atom stereocenters. The van der Waals surface area contributed by atoms with E-state index in [1.165, 1.54) is 0 Å². The lowest BCUT2D eigenvalue weighted by atomic mass is 10.3. The Kier molecular flexibility index (Phi) is 3.69. The van der Waals surface area contributed by atoms with E-state index in [1.807, 2.05) is 18.2 Å². The molecule has 1 aromatic carbocycles. The molecule has 0 bridgehead atoms. The number of aromatic nitrogens is 2. The maximum absolute atomic E-state index is 6.04. The van der Waals surface area contributed by atoms with Crippen molar-refractivity contribution < 1.29 is 0 Å². The van der Waals surface area contributed by atoms with Crippen molar-refractivity contribution in [2.45, 2.75) is 33.4 Å². The van der Waals surface area contributed by atoms with Gasteiger partial charge in [-0.2, -0.15) is 0 Å². The van der Waals surface area contributed by atoms with E-state index in [-0.39, 0.29) is 6.04 Å². The summed E-state index contributed by atoms with van der Waals surface area (Å²) in [6.45, 7) is 8.21. The zero-order valence-electron chi connectivity index (χ0n) is 10.5. The summed E-state index contributed by atoms with van der Waals surface area (Å²) in [4.78, 5) is 4.68. The van der Waals surface area contributed by atoms with Gasteiger partial charge in [0.2, 0.25) is 0 Å². The standard InChI is InChI=1S/C13H18ClN3/c1-4-15-9(3)13-16-11-7-6-10(14)8-12(11)17(13)5-2/h6-9,15H,4-5H2,1-3H3. The molecule has 0 fully saturated rings. The number of hydrogen-bond donors (Lipinski definition) is 1. The molecule has 0 amide bonds. The molecule has 1 heterocycles. The van der Waals surface area contributed by atoms with Crippen molar-refractivity contribution in [1.29, 1.82) is 0 Å². The molecule has 17 heavy (non-hydrogen) atoms. The summed E-state index contributed by atoms with van der Waals surface area (Å²) in [7, 11) is 0. The zero-order valence-corrected chi connectivity index (χ0v) is 11.3. The molecule has 1 aromatic heterocycles. The van der Waals surface area contributed by atoms with Crippen LogP contribution in [0.15, 0.2) is 18.2 Å². The smallest absolute Gasteiger partial charge is 0.126 e. The number of nitrogens with zero attached hydrogens (tertiary/aromatic N) is 2. The average Bonchev–Trinajstić information content (AvgIpc) is 2.67. The monoisotopic (exact) mass is 251 g/mol. The van der Waals surface area contributed by atoms with Crippen LogP contribution in [0.4, 0.5) is 0 Å². The predicted molar refractivity (Wildman–Crippen MR) is 72.5 cm³/mol. The molecule has 0 saturated carbocycles. The zero-order chi connectivity index (χ0) is 12.4. The second-order valence-corrected chi connectivity index (χ2v) is 4.56. The largest absolute Gasteiger partial charge is 0.327 e. The highest BCUT2D eigenvalue weighted by Gasteiger charge is 2.14. The molecule has 2 rings (SSSR count). The fourth-order valence-corrected chi connectivity index (χ4v) is 2.34. The lowest BCUT2D eigenvalue weighted by molar-refractivity contribution is 0.538. The molecular weight excluding hydrogens is 234 g/mol. The lowest BCUT2D eigenvalue weighted by Crippen LogP contribution is -2.21. The summed E-state index contributed by atoms with van der Waals surface area (Å²) in [6, 6.07) is 6.10. The number of fused-ring (bicyclic) bond motifs is 1. The van der Waals surface area contributed by atoms with Crippen molar-refractivity contribution >= 4 is 22.6 Å². The minimum Gasteiger partial charge on any atom is -0.327 e. The van der Waals surface area contributed by atoms with Gasteiger partial charge in [0.1, 0.15) is 5.82 Å². The highest BCUT2D eigenvalue weighted by Crippen LogP contribution is 2.23. The second kappa shape index (κ2) is 5.07. The Bertz CT molecular complexity index is 519. The molecule has 3 nitrogen and oxygen atoms in total. The van der Waals surface area contributed by atoms with Gasteiger partial charge >= 0.3 is 0 Å². The maximum atomic E-state index is 6.04. The van der Waals surface area contributed by atoms with Gasteiger partial charge in [0.15, 0.2) is 0 Å². The van der Waals surface area contributed by atoms with Gasteiger partial charge in [0.25, 0.3) is 0 Å². The van der Waals surface area contributed by atoms with Crippen molar-refractivity contribution in [2.75, 3.05) is 6.54 Å². The van der Waals surface area contributed by atoms with E-state index in [2.05, 4.69) is 35.6 Å². The van der Waals surface area contributed by atoms with Crippen LogP contribution in [0.5, 0.6) is 0 Å². The maximum Gasteiger partial charge on any atom is 0.126 e. The first-order valence-electron chi connectivity index (χ1n) is 6.06. The van der Waals surface area contributed by atoms with E-state index in [1.54, 1.807) is 0 Å². The molecule has 0 aliphatic heterocycles. The van der Waals surface area contributed by atoms with Gasteiger partial charge in [-0.15, -0.1) is 0 Å². The Hall–Kier alpha value is -1.06. The number of benzene rings is 1. The molecule has 2 aromatic rings. The third-order valence-electron chi connectivity index (χ3n) is 2.95.